The van der Waals surface area contributed by atoms with Crippen LogP contribution in [0.5, 0.6) is 0 Å². The van der Waals surface area contributed by atoms with Crippen LogP contribution in [0, 0.1) is 0 Å². The first kappa shape index (κ1) is 64.8. The molecule has 1 unspecified atom stereocenters. The van der Waals surface area contributed by atoms with E-state index in [0.29, 0.717) is 45.3 Å². The van der Waals surface area contributed by atoms with Gasteiger partial charge in [0, 0.05) is 32.6 Å². The lowest BCUT2D eigenvalue weighted by Crippen LogP contribution is -2.47. The highest BCUT2D eigenvalue weighted by Gasteiger charge is 2.24. The van der Waals surface area contributed by atoms with E-state index in [-0.39, 0.29) is 62.1 Å². The summed E-state index contributed by atoms with van der Waals surface area (Å²) in [6, 6.07) is -1.12. The number of unbranched alkanes of at least 4 members (excludes halogenated alkanes) is 30. The molecule has 1 heterocycles. The second-order valence-corrected chi connectivity index (χ2v) is 20.7. The highest BCUT2D eigenvalue weighted by molar-refractivity contribution is 5.87. The van der Waals surface area contributed by atoms with E-state index in [2.05, 4.69) is 36.7 Å². The fourth-order valence-corrected chi connectivity index (χ4v) is 9.47. The summed E-state index contributed by atoms with van der Waals surface area (Å²) >= 11 is 0. The maximum Gasteiger partial charge on any atom is 0.306 e. The Morgan fingerprint density at radius 1 is 0.536 bits per heavy atom. The SMILES string of the molecule is CCCCCCCCCCCCCCCCCC(=O)N[C@@H](CCO)C(=O)NCCC[C@H](COC1CCCCO1)NC(=O)C[C@@H](CCCCCCCCCCC)OC(=O)CCCCCCCCCCC. The average molecular weight is 979 g/mol. The molecule has 1 saturated heterocycles. The van der Waals surface area contributed by atoms with E-state index in [0.717, 1.165) is 77.0 Å². The maximum atomic E-state index is 13.7. The predicted octanol–water partition coefficient (Wildman–Crippen LogP) is 14.2. The number of ether oxygens (including phenoxy) is 3. The Morgan fingerprint density at radius 2 is 1.01 bits per heavy atom. The number of hydrogen-bond acceptors (Lipinski definition) is 8. The molecule has 0 saturated carbocycles. The summed E-state index contributed by atoms with van der Waals surface area (Å²) in [6.07, 6.45) is 45.2. The van der Waals surface area contributed by atoms with Crippen molar-refractivity contribution in [2.75, 3.05) is 26.4 Å². The number of amides is 3. The van der Waals surface area contributed by atoms with Gasteiger partial charge in [0.1, 0.15) is 12.1 Å². The van der Waals surface area contributed by atoms with Crippen LogP contribution in [0.2, 0.25) is 0 Å². The number of aliphatic hydroxyl groups excluding tert-OH is 1. The number of esters is 1. The van der Waals surface area contributed by atoms with Crippen LogP contribution in [0.25, 0.3) is 0 Å². The molecule has 0 aromatic rings. The van der Waals surface area contributed by atoms with Gasteiger partial charge in [-0.3, -0.25) is 19.2 Å². The zero-order chi connectivity index (χ0) is 50.1. The topological polar surface area (TPSA) is 152 Å². The lowest BCUT2D eigenvalue weighted by Gasteiger charge is -2.26. The zero-order valence-corrected chi connectivity index (χ0v) is 45.3. The normalized spacial score (nSPS) is 15.1. The maximum absolute atomic E-state index is 13.7. The molecule has 1 fully saturated rings. The third kappa shape index (κ3) is 42.0. The molecule has 406 valence electrons. The van der Waals surface area contributed by atoms with Gasteiger partial charge in [-0.25, -0.2) is 0 Å². The molecule has 0 radical (unpaired) electrons. The Morgan fingerprint density at radius 3 is 1.49 bits per heavy atom. The standard InChI is InChI=1S/C58H111N3O8/c1-4-7-10-13-16-19-20-21-22-23-24-27-29-32-35-42-54(63)61-53(45-47-62)58(66)59-46-39-40-51(50-68-57-44-37-38-48-67-57)60-55(64)49-52(41-34-31-28-25-17-14-11-8-5-2)69-56(65)43-36-33-30-26-18-15-12-9-6-3/h51-53,57,62H,4-50H2,1-3H3,(H,59,66)(H,60,64)(H,61,63)/t51-,52-,53+,57?/m1/s1. The first-order chi connectivity index (χ1) is 33.8. The largest absolute Gasteiger partial charge is 0.462 e. The molecule has 11 nitrogen and oxygen atoms in total. The van der Waals surface area contributed by atoms with E-state index >= 15 is 0 Å². The van der Waals surface area contributed by atoms with Crippen molar-refractivity contribution in [3.8, 4) is 0 Å². The molecule has 0 aromatic carbocycles. The van der Waals surface area contributed by atoms with Crippen LogP contribution in [0.4, 0.5) is 0 Å². The highest BCUT2D eigenvalue weighted by Crippen LogP contribution is 2.19. The molecule has 4 N–H and O–H groups in total. The molecule has 0 spiro atoms. The smallest absolute Gasteiger partial charge is 0.306 e. The van der Waals surface area contributed by atoms with Gasteiger partial charge in [-0.15, -0.1) is 0 Å². The van der Waals surface area contributed by atoms with Crippen LogP contribution in [0.15, 0.2) is 0 Å². The quantitative estimate of drug-likeness (QED) is 0.0347. The van der Waals surface area contributed by atoms with Crippen LogP contribution in [0.3, 0.4) is 0 Å². The van der Waals surface area contributed by atoms with Crippen molar-refractivity contribution in [3.63, 3.8) is 0 Å². The third-order valence-corrected chi connectivity index (χ3v) is 13.9. The van der Waals surface area contributed by atoms with Gasteiger partial charge in [0.05, 0.1) is 19.1 Å². The second kappa shape index (κ2) is 49.3. The van der Waals surface area contributed by atoms with E-state index < -0.39 is 12.1 Å². The minimum Gasteiger partial charge on any atom is -0.462 e. The second-order valence-electron chi connectivity index (χ2n) is 20.7. The Labute approximate surface area is 424 Å². The van der Waals surface area contributed by atoms with E-state index in [1.165, 1.54) is 154 Å². The summed E-state index contributed by atoms with van der Waals surface area (Å²) in [4.78, 5) is 52.8. The van der Waals surface area contributed by atoms with Gasteiger partial charge < -0.3 is 35.3 Å². The number of carbonyl (C=O) groups is 4. The number of carbonyl (C=O) groups excluding carboxylic acids is 4. The van der Waals surface area contributed by atoms with Gasteiger partial charge in [0.25, 0.3) is 0 Å². The Balaban J connectivity index is 2.60. The van der Waals surface area contributed by atoms with Crippen molar-refractivity contribution in [1.82, 2.24) is 16.0 Å². The van der Waals surface area contributed by atoms with Crippen molar-refractivity contribution >= 4 is 23.7 Å². The van der Waals surface area contributed by atoms with E-state index in [1.54, 1.807) is 0 Å². The summed E-state index contributed by atoms with van der Waals surface area (Å²) in [5.74, 6) is -0.857. The van der Waals surface area contributed by atoms with E-state index in [1.807, 2.05) is 0 Å². The lowest BCUT2D eigenvalue weighted by atomic mass is 10.0. The van der Waals surface area contributed by atoms with Crippen LogP contribution >= 0.6 is 0 Å². The molecule has 1 aliphatic rings. The van der Waals surface area contributed by atoms with Crippen molar-refractivity contribution in [3.05, 3.63) is 0 Å². The average Bonchev–Trinajstić information content (AvgIpc) is 3.34. The Bertz CT molecular complexity index is 1180. The van der Waals surface area contributed by atoms with E-state index in [4.69, 9.17) is 14.2 Å². The number of hydrogen-bond donors (Lipinski definition) is 4. The first-order valence-electron chi connectivity index (χ1n) is 29.7. The molecular formula is C58H111N3O8. The lowest BCUT2D eigenvalue weighted by molar-refractivity contribution is -0.167. The first-order valence-corrected chi connectivity index (χ1v) is 29.7. The molecule has 4 atom stereocenters. The zero-order valence-electron chi connectivity index (χ0n) is 45.3. The van der Waals surface area contributed by atoms with Gasteiger partial charge in [-0.05, 0) is 64.2 Å². The summed E-state index contributed by atoms with van der Waals surface area (Å²) in [6.45, 7) is 7.81. The number of nitrogens with one attached hydrogen (secondary N) is 3. The van der Waals surface area contributed by atoms with Crippen molar-refractivity contribution < 1.29 is 38.5 Å². The van der Waals surface area contributed by atoms with Crippen LogP contribution in [0.1, 0.15) is 297 Å². The van der Waals surface area contributed by atoms with Gasteiger partial charge in [-0.1, -0.05) is 213 Å². The Kier molecular flexibility index (Phi) is 46.3. The van der Waals surface area contributed by atoms with Gasteiger partial charge in [-0.2, -0.15) is 0 Å². The van der Waals surface area contributed by atoms with Crippen LogP contribution < -0.4 is 16.0 Å². The molecule has 69 heavy (non-hydrogen) atoms. The summed E-state index contributed by atoms with van der Waals surface area (Å²) in [5, 5.41) is 18.7. The Hall–Kier alpha value is -2.24. The fraction of sp³-hybridized carbons (Fsp3) is 0.931. The predicted molar refractivity (Wildman–Crippen MR) is 285 cm³/mol. The van der Waals surface area contributed by atoms with Gasteiger partial charge in [0.2, 0.25) is 17.7 Å². The molecule has 0 bridgehead atoms. The minimum atomic E-state index is -0.799. The monoisotopic (exact) mass is 978 g/mol. The minimum absolute atomic E-state index is 0.107. The van der Waals surface area contributed by atoms with Gasteiger partial charge in [0.15, 0.2) is 6.29 Å². The molecule has 1 aliphatic heterocycles. The van der Waals surface area contributed by atoms with Gasteiger partial charge >= 0.3 is 5.97 Å². The summed E-state index contributed by atoms with van der Waals surface area (Å²) < 4.78 is 18.0. The van der Waals surface area contributed by atoms with Crippen molar-refractivity contribution in [2.45, 2.75) is 321 Å². The molecule has 0 aromatic heterocycles. The number of rotatable bonds is 51. The highest BCUT2D eigenvalue weighted by atomic mass is 16.7. The number of aliphatic hydroxyl groups is 1. The van der Waals surface area contributed by atoms with Crippen molar-refractivity contribution in [1.29, 1.82) is 0 Å². The van der Waals surface area contributed by atoms with Crippen LogP contribution in [-0.4, -0.2) is 79.6 Å². The molecule has 3 amide bonds. The van der Waals surface area contributed by atoms with E-state index in [9.17, 15) is 24.3 Å². The summed E-state index contributed by atoms with van der Waals surface area (Å²) in [7, 11) is 0. The molecule has 11 heteroatoms. The van der Waals surface area contributed by atoms with Crippen LogP contribution in [-0.2, 0) is 33.4 Å². The third-order valence-electron chi connectivity index (χ3n) is 13.9. The molecular weight excluding hydrogens is 867 g/mol. The van der Waals surface area contributed by atoms with Crippen molar-refractivity contribution in [2.24, 2.45) is 0 Å². The fourth-order valence-electron chi connectivity index (χ4n) is 9.47. The molecule has 0 aliphatic carbocycles. The molecule has 1 rings (SSSR count). The summed E-state index contributed by atoms with van der Waals surface area (Å²) in [5.41, 5.74) is 0.